The molecule has 29 heavy (non-hydrogen) atoms. The first-order valence-corrected chi connectivity index (χ1v) is 10.9. The molecule has 1 aliphatic rings. The van der Waals surface area contributed by atoms with Crippen molar-refractivity contribution >= 4 is 21.6 Å². The van der Waals surface area contributed by atoms with Crippen LogP contribution in [0.15, 0.2) is 47.4 Å². The maximum Gasteiger partial charge on any atom is 0.265 e. The van der Waals surface area contributed by atoms with Crippen molar-refractivity contribution in [2.75, 3.05) is 45.1 Å². The molecule has 156 valence electrons. The first-order valence-electron chi connectivity index (χ1n) is 9.43. The molecule has 0 saturated carbocycles. The molecule has 2 aromatic rings. The molecule has 0 aromatic heterocycles. The number of benzene rings is 2. The number of methoxy groups -OCH3 is 1. The molecule has 1 amide bonds. The molecule has 0 radical (unpaired) electrons. The zero-order valence-electron chi connectivity index (χ0n) is 16.9. The predicted octanol–water partition coefficient (Wildman–Crippen LogP) is 0.280. The summed E-state index contributed by atoms with van der Waals surface area (Å²) in [5, 5.41) is 1.88. The highest BCUT2D eigenvalue weighted by Gasteiger charge is 2.22. The monoisotopic (exact) mass is 419 g/mol. The average molecular weight is 420 g/mol. The van der Waals surface area contributed by atoms with Crippen molar-refractivity contribution in [1.29, 1.82) is 0 Å². The van der Waals surface area contributed by atoms with Gasteiger partial charge in [0.15, 0.2) is 0 Å². The Kier molecular flexibility index (Phi) is 6.41. The number of nitrogens with one attached hydrogen (secondary N) is 3. The van der Waals surface area contributed by atoms with Gasteiger partial charge in [-0.25, -0.2) is 13.4 Å². The highest BCUT2D eigenvalue weighted by molar-refractivity contribution is 7.92. The summed E-state index contributed by atoms with van der Waals surface area (Å²) in [5.41, 5.74) is 4.36. The number of hydrogen-bond donors (Lipinski definition) is 3. The Bertz CT molecular complexity index is 968. The number of aryl methyl sites for hydroxylation is 1. The summed E-state index contributed by atoms with van der Waals surface area (Å²) >= 11 is 0. The van der Waals surface area contributed by atoms with Crippen LogP contribution in [-0.4, -0.2) is 59.7 Å². The van der Waals surface area contributed by atoms with Crippen molar-refractivity contribution < 1.29 is 22.8 Å². The standard InChI is InChI=1S/C20H26N4O4S/c1-15-4-9-18(29(26,27)22-16-5-7-17(28-3)8-6-16)14-19(15)20(25)21-24-12-10-23(2)11-13-24/h4-9,14,22H,10-13H2,1-3H3,(H,21,25)/p+1. The van der Waals surface area contributed by atoms with E-state index >= 15 is 0 Å². The number of amides is 1. The number of quaternary nitrogens is 1. The van der Waals surface area contributed by atoms with E-state index in [1.54, 1.807) is 44.4 Å². The summed E-state index contributed by atoms with van der Waals surface area (Å²) in [6, 6.07) is 11.1. The Balaban J connectivity index is 1.76. The van der Waals surface area contributed by atoms with Gasteiger partial charge in [-0.15, -0.1) is 0 Å². The second-order valence-electron chi connectivity index (χ2n) is 7.20. The Morgan fingerprint density at radius 2 is 1.76 bits per heavy atom. The van der Waals surface area contributed by atoms with Crippen LogP contribution in [0, 0.1) is 6.92 Å². The van der Waals surface area contributed by atoms with Crippen LogP contribution in [0.5, 0.6) is 5.75 Å². The van der Waals surface area contributed by atoms with E-state index in [0.29, 0.717) is 22.6 Å². The molecule has 9 heteroatoms. The number of likely N-dealkylation sites (N-methyl/N-ethyl adjacent to an activating group) is 1. The first kappa shape index (κ1) is 21.1. The fourth-order valence-electron chi connectivity index (χ4n) is 3.09. The van der Waals surface area contributed by atoms with E-state index < -0.39 is 10.0 Å². The number of rotatable bonds is 6. The third-order valence-corrected chi connectivity index (χ3v) is 6.36. The minimum Gasteiger partial charge on any atom is -0.497 e. The molecular formula is C20H27N4O4S+. The lowest BCUT2D eigenvalue weighted by Gasteiger charge is -2.30. The second-order valence-corrected chi connectivity index (χ2v) is 8.88. The highest BCUT2D eigenvalue weighted by atomic mass is 32.2. The maximum atomic E-state index is 12.8. The topological polar surface area (TPSA) is 92.2 Å². The predicted molar refractivity (Wildman–Crippen MR) is 111 cm³/mol. The van der Waals surface area contributed by atoms with Crippen molar-refractivity contribution in [3.8, 4) is 5.75 Å². The molecule has 2 aromatic carbocycles. The van der Waals surface area contributed by atoms with E-state index in [1.807, 2.05) is 5.01 Å². The number of carbonyl (C=O) groups is 1. The van der Waals surface area contributed by atoms with Crippen molar-refractivity contribution in [2.24, 2.45) is 0 Å². The first-order chi connectivity index (χ1) is 13.8. The van der Waals surface area contributed by atoms with Gasteiger partial charge in [-0.1, -0.05) is 6.07 Å². The van der Waals surface area contributed by atoms with Crippen LogP contribution in [0.2, 0.25) is 0 Å². The van der Waals surface area contributed by atoms with Gasteiger partial charge >= 0.3 is 0 Å². The summed E-state index contributed by atoms with van der Waals surface area (Å²) in [4.78, 5) is 14.2. The van der Waals surface area contributed by atoms with E-state index in [1.165, 1.54) is 17.0 Å². The molecule has 0 unspecified atom stereocenters. The van der Waals surface area contributed by atoms with Crippen LogP contribution in [0.3, 0.4) is 0 Å². The summed E-state index contributed by atoms with van der Waals surface area (Å²) in [6.07, 6.45) is 0. The van der Waals surface area contributed by atoms with Crippen molar-refractivity contribution in [2.45, 2.75) is 11.8 Å². The molecule has 1 aliphatic heterocycles. The van der Waals surface area contributed by atoms with Gasteiger partial charge in [0.05, 0.1) is 45.2 Å². The lowest BCUT2D eigenvalue weighted by atomic mass is 10.1. The molecule has 0 spiro atoms. The van der Waals surface area contributed by atoms with E-state index in [9.17, 15) is 13.2 Å². The number of hydrogen-bond acceptors (Lipinski definition) is 5. The highest BCUT2D eigenvalue weighted by Crippen LogP contribution is 2.21. The van der Waals surface area contributed by atoms with Crippen molar-refractivity contribution in [3.63, 3.8) is 0 Å². The van der Waals surface area contributed by atoms with E-state index in [2.05, 4.69) is 17.2 Å². The smallest absolute Gasteiger partial charge is 0.265 e. The normalized spacial score (nSPS) is 15.7. The van der Waals surface area contributed by atoms with E-state index in [0.717, 1.165) is 26.2 Å². The molecule has 0 atom stereocenters. The third kappa shape index (κ3) is 5.26. The number of carbonyl (C=O) groups excluding carboxylic acids is 1. The minimum atomic E-state index is -3.83. The summed E-state index contributed by atoms with van der Waals surface area (Å²) in [5.74, 6) is 0.330. The number of sulfonamides is 1. The van der Waals surface area contributed by atoms with Gasteiger partial charge in [0, 0.05) is 11.3 Å². The van der Waals surface area contributed by atoms with Crippen LogP contribution in [0.1, 0.15) is 15.9 Å². The number of nitrogens with zero attached hydrogens (tertiary/aromatic N) is 1. The lowest BCUT2D eigenvalue weighted by molar-refractivity contribution is -0.884. The van der Waals surface area contributed by atoms with E-state index in [-0.39, 0.29) is 10.8 Å². The number of hydrazine groups is 1. The summed E-state index contributed by atoms with van der Waals surface area (Å²) in [7, 11) is -0.172. The van der Waals surface area contributed by atoms with E-state index in [4.69, 9.17) is 4.74 Å². The number of piperazine rings is 1. The minimum absolute atomic E-state index is 0.0342. The van der Waals surface area contributed by atoms with Crippen LogP contribution in [-0.2, 0) is 10.0 Å². The Hall–Kier alpha value is -2.62. The van der Waals surface area contributed by atoms with Gasteiger partial charge in [-0.05, 0) is 48.9 Å². The number of anilines is 1. The van der Waals surface area contributed by atoms with Crippen LogP contribution < -0.4 is 19.8 Å². The Morgan fingerprint density at radius 1 is 1.10 bits per heavy atom. The molecule has 1 saturated heterocycles. The van der Waals surface area contributed by atoms with Gasteiger partial charge in [-0.3, -0.25) is 14.9 Å². The fraction of sp³-hybridized carbons (Fsp3) is 0.350. The van der Waals surface area contributed by atoms with Gasteiger partial charge in [0.25, 0.3) is 15.9 Å². The maximum absolute atomic E-state index is 12.8. The van der Waals surface area contributed by atoms with Crippen LogP contribution >= 0.6 is 0 Å². The molecule has 0 bridgehead atoms. The van der Waals surface area contributed by atoms with Crippen molar-refractivity contribution in [3.05, 3.63) is 53.6 Å². The summed E-state index contributed by atoms with van der Waals surface area (Å²) in [6.45, 7) is 5.19. The second kappa shape index (κ2) is 8.81. The Labute approximate surface area is 171 Å². The molecule has 1 fully saturated rings. The molecule has 0 aliphatic carbocycles. The van der Waals surface area contributed by atoms with Gasteiger partial charge in [0.2, 0.25) is 0 Å². The summed E-state index contributed by atoms with van der Waals surface area (Å²) < 4.78 is 33.2. The zero-order valence-corrected chi connectivity index (χ0v) is 17.7. The fourth-order valence-corrected chi connectivity index (χ4v) is 4.17. The lowest BCUT2D eigenvalue weighted by Crippen LogP contribution is -3.12. The molecule has 8 nitrogen and oxygen atoms in total. The van der Waals surface area contributed by atoms with Gasteiger partial charge in [0.1, 0.15) is 5.75 Å². The van der Waals surface area contributed by atoms with Gasteiger partial charge < -0.3 is 9.64 Å². The third-order valence-electron chi connectivity index (χ3n) is 4.98. The van der Waals surface area contributed by atoms with Gasteiger partial charge in [-0.2, -0.15) is 0 Å². The largest absolute Gasteiger partial charge is 0.497 e. The molecule has 1 heterocycles. The average Bonchev–Trinajstić information content (AvgIpc) is 2.70. The molecule has 3 rings (SSSR count). The Morgan fingerprint density at radius 3 is 2.38 bits per heavy atom. The van der Waals surface area contributed by atoms with Crippen molar-refractivity contribution in [1.82, 2.24) is 10.4 Å². The number of ether oxygens (including phenoxy) is 1. The van der Waals surface area contributed by atoms with Crippen LogP contribution in [0.4, 0.5) is 5.69 Å². The SMILES string of the molecule is COc1ccc(NS(=O)(=O)c2ccc(C)c(C(=O)NN3CC[NH+](C)CC3)c2)cc1. The molecule has 3 N–H and O–H groups in total. The van der Waals surface area contributed by atoms with Crippen LogP contribution in [0.25, 0.3) is 0 Å². The quantitative estimate of drug-likeness (QED) is 0.626. The zero-order chi connectivity index (χ0) is 21.0. The molecular weight excluding hydrogens is 392 g/mol.